The van der Waals surface area contributed by atoms with E-state index in [4.69, 9.17) is 10.5 Å². The molecule has 0 radical (unpaired) electrons. The fraction of sp³-hybridized carbons (Fsp3) is 0.182. The summed E-state index contributed by atoms with van der Waals surface area (Å²) in [5, 5.41) is 12.3. The van der Waals surface area contributed by atoms with E-state index in [2.05, 4.69) is 20.7 Å². The van der Waals surface area contributed by atoms with Crippen molar-refractivity contribution in [3.05, 3.63) is 35.7 Å². The van der Waals surface area contributed by atoms with Gasteiger partial charge in [-0.25, -0.2) is 0 Å². The average Bonchev–Trinajstić information content (AvgIpc) is 2.90. The topological polar surface area (TPSA) is 106 Å². The molecule has 1 aromatic heterocycles. The minimum Gasteiger partial charge on any atom is -0.495 e. The molecular formula is C11H13N5O2. The largest absolute Gasteiger partial charge is 0.495 e. The summed E-state index contributed by atoms with van der Waals surface area (Å²) in [5.41, 5.74) is 7.43. The van der Waals surface area contributed by atoms with Crippen LogP contribution in [0.2, 0.25) is 0 Å². The molecule has 0 aliphatic heterocycles. The zero-order chi connectivity index (χ0) is 13.0. The predicted octanol–water partition coefficient (Wildman–Crippen LogP) is 0.325. The third kappa shape index (κ3) is 2.57. The van der Waals surface area contributed by atoms with Gasteiger partial charge < -0.3 is 15.8 Å². The van der Waals surface area contributed by atoms with E-state index in [-0.39, 0.29) is 11.6 Å². The summed E-state index contributed by atoms with van der Waals surface area (Å²) in [5.74, 6) is 0.319. The number of nitrogens with one attached hydrogen (secondary N) is 2. The predicted molar refractivity (Wildman–Crippen MR) is 65.0 cm³/mol. The molecule has 1 aromatic carbocycles. The Bertz CT molecular complexity index is 538. The van der Waals surface area contributed by atoms with E-state index >= 15 is 0 Å². The number of aromatic nitrogens is 3. The number of hydrogen-bond donors (Lipinski definition) is 3. The normalized spacial score (nSPS) is 10.1. The number of carbonyl (C=O) groups is 1. The molecule has 2 rings (SSSR count). The summed E-state index contributed by atoms with van der Waals surface area (Å²) in [6.45, 7) is 0.361. The lowest BCUT2D eigenvalue weighted by Gasteiger charge is -2.07. The molecule has 7 nitrogen and oxygen atoms in total. The Kier molecular flexibility index (Phi) is 3.42. The van der Waals surface area contributed by atoms with E-state index in [9.17, 15) is 4.79 Å². The number of anilines is 1. The number of aromatic amines is 1. The third-order valence-electron chi connectivity index (χ3n) is 2.39. The van der Waals surface area contributed by atoms with Crippen LogP contribution in [0.3, 0.4) is 0 Å². The molecule has 0 bridgehead atoms. The van der Waals surface area contributed by atoms with E-state index in [1.54, 1.807) is 19.2 Å². The molecule has 18 heavy (non-hydrogen) atoms. The Balaban J connectivity index is 1.98. The van der Waals surface area contributed by atoms with Crippen LogP contribution in [0.15, 0.2) is 24.4 Å². The summed E-state index contributed by atoms with van der Waals surface area (Å²) in [7, 11) is 1.55. The van der Waals surface area contributed by atoms with Crippen molar-refractivity contribution in [3.8, 4) is 5.75 Å². The van der Waals surface area contributed by atoms with Gasteiger partial charge in [0.25, 0.3) is 5.91 Å². The second-order valence-corrected chi connectivity index (χ2v) is 3.61. The highest BCUT2D eigenvalue weighted by Gasteiger charge is 2.08. The third-order valence-corrected chi connectivity index (χ3v) is 2.39. The maximum atomic E-state index is 11.6. The number of rotatable bonds is 4. The number of nitrogen functional groups attached to an aromatic ring is 1. The summed E-state index contributed by atoms with van der Waals surface area (Å²) in [6.07, 6.45) is 1.36. The van der Waals surface area contributed by atoms with Gasteiger partial charge >= 0.3 is 0 Å². The van der Waals surface area contributed by atoms with E-state index in [0.717, 1.165) is 5.56 Å². The highest BCUT2D eigenvalue weighted by Crippen LogP contribution is 2.21. The SMILES string of the molecule is COc1ccc(CNC(=O)c2cn[nH]n2)cc1N. The van der Waals surface area contributed by atoms with Crippen molar-refractivity contribution in [1.29, 1.82) is 0 Å². The summed E-state index contributed by atoms with van der Waals surface area (Å²) >= 11 is 0. The van der Waals surface area contributed by atoms with Crippen LogP contribution in [0.5, 0.6) is 5.75 Å². The first kappa shape index (κ1) is 11.9. The van der Waals surface area contributed by atoms with Gasteiger partial charge in [-0.2, -0.15) is 15.4 Å². The Morgan fingerprint density at radius 3 is 3.00 bits per heavy atom. The Hall–Kier alpha value is -2.57. The highest BCUT2D eigenvalue weighted by molar-refractivity contribution is 5.91. The van der Waals surface area contributed by atoms with Crippen LogP contribution >= 0.6 is 0 Å². The lowest BCUT2D eigenvalue weighted by atomic mass is 10.2. The number of ether oxygens (including phenoxy) is 1. The minimum atomic E-state index is -0.293. The fourth-order valence-corrected chi connectivity index (χ4v) is 1.48. The average molecular weight is 247 g/mol. The second kappa shape index (κ2) is 5.17. The van der Waals surface area contributed by atoms with Crippen molar-refractivity contribution in [1.82, 2.24) is 20.7 Å². The van der Waals surface area contributed by atoms with Crippen LogP contribution in [-0.4, -0.2) is 28.4 Å². The number of methoxy groups -OCH3 is 1. The number of hydrogen-bond acceptors (Lipinski definition) is 5. The van der Waals surface area contributed by atoms with Gasteiger partial charge in [0.15, 0.2) is 5.69 Å². The van der Waals surface area contributed by atoms with Crippen molar-refractivity contribution in [2.24, 2.45) is 0 Å². The first-order chi connectivity index (χ1) is 8.70. The first-order valence-electron chi connectivity index (χ1n) is 5.27. The molecule has 0 spiro atoms. The van der Waals surface area contributed by atoms with Gasteiger partial charge in [-0.05, 0) is 17.7 Å². The van der Waals surface area contributed by atoms with Gasteiger partial charge in [-0.3, -0.25) is 4.79 Å². The van der Waals surface area contributed by atoms with Gasteiger partial charge in [-0.15, -0.1) is 0 Å². The van der Waals surface area contributed by atoms with E-state index in [1.165, 1.54) is 6.20 Å². The van der Waals surface area contributed by atoms with Crippen molar-refractivity contribution in [3.63, 3.8) is 0 Å². The molecule has 1 heterocycles. The quantitative estimate of drug-likeness (QED) is 0.675. The molecule has 94 valence electrons. The van der Waals surface area contributed by atoms with Crippen molar-refractivity contribution in [2.45, 2.75) is 6.54 Å². The molecule has 0 aliphatic rings. The van der Waals surface area contributed by atoms with Gasteiger partial charge in [0.2, 0.25) is 0 Å². The Morgan fingerprint density at radius 1 is 1.56 bits per heavy atom. The molecule has 0 unspecified atom stereocenters. The lowest BCUT2D eigenvalue weighted by molar-refractivity contribution is 0.0946. The number of nitrogens with zero attached hydrogens (tertiary/aromatic N) is 2. The summed E-state index contributed by atoms with van der Waals surface area (Å²) in [6, 6.07) is 5.34. The maximum absolute atomic E-state index is 11.6. The van der Waals surface area contributed by atoms with Gasteiger partial charge in [-0.1, -0.05) is 6.07 Å². The van der Waals surface area contributed by atoms with Crippen molar-refractivity contribution >= 4 is 11.6 Å². The number of benzene rings is 1. The highest BCUT2D eigenvalue weighted by atomic mass is 16.5. The summed E-state index contributed by atoms with van der Waals surface area (Å²) in [4.78, 5) is 11.6. The first-order valence-corrected chi connectivity index (χ1v) is 5.27. The van der Waals surface area contributed by atoms with Gasteiger partial charge in [0.1, 0.15) is 5.75 Å². The van der Waals surface area contributed by atoms with Gasteiger partial charge in [0, 0.05) is 6.54 Å². The molecule has 2 aromatic rings. The Labute approximate surface area is 103 Å². The number of carbonyl (C=O) groups excluding carboxylic acids is 1. The van der Waals surface area contributed by atoms with Crippen LogP contribution < -0.4 is 15.8 Å². The number of H-pyrrole nitrogens is 1. The Morgan fingerprint density at radius 2 is 2.39 bits per heavy atom. The number of nitrogens with two attached hydrogens (primary N) is 1. The standard InChI is InChI=1S/C11H13N5O2/c1-18-10-3-2-7(4-8(10)12)5-13-11(17)9-6-14-16-15-9/h2-4,6H,5,12H2,1H3,(H,13,17)(H,14,15,16). The molecule has 0 saturated heterocycles. The monoisotopic (exact) mass is 247 g/mol. The minimum absolute atomic E-state index is 0.247. The van der Waals surface area contributed by atoms with Crippen LogP contribution in [0.25, 0.3) is 0 Å². The lowest BCUT2D eigenvalue weighted by Crippen LogP contribution is -2.23. The number of amides is 1. The van der Waals surface area contributed by atoms with E-state index in [1.807, 2.05) is 6.07 Å². The van der Waals surface area contributed by atoms with Gasteiger partial charge in [0.05, 0.1) is 19.0 Å². The smallest absolute Gasteiger partial charge is 0.273 e. The summed E-state index contributed by atoms with van der Waals surface area (Å²) < 4.78 is 5.05. The molecule has 4 N–H and O–H groups in total. The van der Waals surface area contributed by atoms with Crippen LogP contribution in [-0.2, 0) is 6.54 Å². The van der Waals surface area contributed by atoms with Crippen LogP contribution in [0.4, 0.5) is 5.69 Å². The van der Waals surface area contributed by atoms with Crippen LogP contribution in [0, 0.1) is 0 Å². The zero-order valence-electron chi connectivity index (χ0n) is 9.80. The van der Waals surface area contributed by atoms with Crippen LogP contribution in [0.1, 0.15) is 16.1 Å². The van der Waals surface area contributed by atoms with Crippen molar-refractivity contribution < 1.29 is 9.53 Å². The molecule has 1 amide bonds. The van der Waals surface area contributed by atoms with E-state index in [0.29, 0.717) is 18.0 Å². The zero-order valence-corrected chi connectivity index (χ0v) is 9.80. The molecular weight excluding hydrogens is 234 g/mol. The second-order valence-electron chi connectivity index (χ2n) is 3.61. The molecule has 0 fully saturated rings. The molecule has 0 saturated carbocycles. The molecule has 0 aliphatic carbocycles. The van der Waals surface area contributed by atoms with E-state index < -0.39 is 0 Å². The van der Waals surface area contributed by atoms with Crippen molar-refractivity contribution in [2.75, 3.05) is 12.8 Å². The molecule has 7 heteroatoms. The maximum Gasteiger partial charge on any atom is 0.273 e. The molecule has 0 atom stereocenters. The fourth-order valence-electron chi connectivity index (χ4n) is 1.48.